The first-order chi connectivity index (χ1) is 10.1. The van der Waals surface area contributed by atoms with Crippen LogP contribution < -0.4 is 5.73 Å². The van der Waals surface area contributed by atoms with Crippen molar-refractivity contribution in [3.63, 3.8) is 0 Å². The molecule has 0 aliphatic rings. The van der Waals surface area contributed by atoms with Gasteiger partial charge in [-0.1, -0.05) is 35.5 Å². The Balaban J connectivity index is 0.00000242. The summed E-state index contributed by atoms with van der Waals surface area (Å²) in [6, 6.07) is 9.74. The molecule has 0 atom stereocenters. The van der Waals surface area contributed by atoms with Crippen LogP contribution in [0.3, 0.4) is 0 Å². The molecule has 122 valence electrons. The molecule has 0 unspecified atom stereocenters. The molecule has 2 N–H and O–H groups in total. The Labute approximate surface area is 136 Å². The molecule has 0 fully saturated rings. The van der Waals surface area contributed by atoms with E-state index in [0.717, 1.165) is 5.56 Å². The lowest BCUT2D eigenvalue weighted by Gasteiger charge is -2.21. The summed E-state index contributed by atoms with van der Waals surface area (Å²) in [5.74, 6) is 0. The second-order valence-corrected chi connectivity index (χ2v) is 6.51. The van der Waals surface area contributed by atoms with Gasteiger partial charge in [0.2, 0.25) is 0 Å². The smallest absolute Gasteiger partial charge is 0.261 e. The van der Waals surface area contributed by atoms with Gasteiger partial charge in [0.1, 0.15) is 0 Å². The maximum absolute atomic E-state index is 12.6. The first-order valence-electron chi connectivity index (χ1n) is 6.64. The predicted octanol–water partition coefficient (Wildman–Crippen LogP) is 0.429. The fourth-order valence-corrected chi connectivity index (χ4v) is 3.53. The number of nitrogens with zero attached hydrogens (tertiary/aromatic N) is 4. The molecule has 1 aromatic carbocycles. The fourth-order valence-electron chi connectivity index (χ4n) is 2.04. The van der Waals surface area contributed by atoms with Gasteiger partial charge in [0, 0.05) is 26.7 Å². The van der Waals surface area contributed by atoms with E-state index >= 15 is 0 Å². The summed E-state index contributed by atoms with van der Waals surface area (Å²) < 4.78 is 27.8. The molecule has 0 bridgehead atoms. The number of nitrogens with two attached hydrogens (primary N) is 1. The molecule has 22 heavy (non-hydrogen) atoms. The summed E-state index contributed by atoms with van der Waals surface area (Å²) in [6.45, 7) is 0.897. The molecular formula is C13H20ClN5O2S. The molecule has 0 aliphatic carbocycles. The molecular weight excluding hydrogens is 326 g/mol. The standard InChI is InChI=1S/C13H19N5O2S.ClH/c1-17-13(11-15-16-17)21(19,20)18(10-8-14)9-7-12-5-3-2-4-6-12;/h2-6,11H,7-10,14H2,1H3;1H. The lowest BCUT2D eigenvalue weighted by Crippen LogP contribution is -2.37. The van der Waals surface area contributed by atoms with Crippen LogP contribution in [0.1, 0.15) is 5.56 Å². The van der Waals surface area contributed by atoms with Gasteiger partial charge >= 0.3 is 0 Å². The Morgan fingerprint density at radius 3 is 2.45 bits per heavy atom. The summed E-state index contributed by atoms with van der Waals surface area (Å²) in [7, 11) is -2.08. The molecule has 0 amide bonds. The molecule has 0 spiro atoms. The number of halogens is 1. The van der Waals surface area contributed by atoms with E-state index in [-0.39, 0.29) is 30.5 Å². The van der Waals surface area contributed by atoms with Gasteiger partial charge < -0.3 is 5.73 Å². The van der Waals surface area contributed by atoms with Gasteiger partial charge in [-0.05, 0) is 12.0 Å². The number of hydrogen-bond donors (Lipinski definition) is 1. The third-order valence-corrected chi connectivity index (χ3v) is 5.09. The van der Waals surface area contributed by atoms with Gasteiger partial charge in [-0.15, -0.1) is 17.5 Å². The van der Waals surface area contributed by atoms with Crippen LogP contribution in [-0.2, 0) is 23.5 Å². The van der Waals surface area contributed by atoms with Gasteiger partial charge in [-0.25, -0.2) is 13.1 Å². The zero-order chi connectivity index (χ0) is 15.3. The topological polar surface area (TPSA) is 94.1 Å². The van der Waals surface area contributed by atoms with Crippen molar-refractivity contribution in [1.82, 2.24) is 19.3 Å². The summed E-state index contributed by atoms with van der Waals surface area (Å²) in [5.41, 5.74) is 6.62. The minimum absolute atomic E-state index is 0. The van der Waals surface area contributed by atoms with Gasteiger partial charge in [0.05, 0.1) is 6.20 Å². The highest BCUT2D eigenvalue weighted by molar-refractivity contribution is 7.89. The van der Waals surface area contributed by atoms with E-state index in [0.29, 0.717) is 13.0 Å². The second-order valence-electron chi connectivity index (χ2n) is 4.62. The average molecular weight is 346 g/mol. The van der Waals surface area contributed by atoms with Gasteiger partial charge in [-0.2, -0.15) is 4.31 Å². The Hall–Kier alpha value is -1.48. The fraction of sp³-hybridized carbons (Fsp3) is 0.385. The van der Waals surface area contributed by atoms with E-state index in [1.165, 1.54) is 15.2 Å². The lowest BCUT2D eigenvalue weighted by atomic mass is 10.1. The highest BCUT2D eigenvalue weighted by atomic mass is 35.5. The first kappa shape index (κ1) is 18.6. The lowest BCUT2D eigenvalue weighted by molar-refractivity contribution is 0.415. The summed E-state index contributed by atoms with van der Waals surface area (Å²) in [5, 5.41) is 7.37. The third kappa shape index (κ3) is 4.26. The molecule has 7 nitrogen and oxygen atoms in total. The monoisotopic (exact) mass is 345 g/mol. The van der Waals surface area contributed by atoms with Gasteiger partial charge in [-0.3, -0.25) is 0 Å². The van der Waals surface area contributed by atoms with Crippen molar-refractivity contribution in [2.45, 2.75) is 11.4 Å². The van der Waals surface area contributed by atoms with Gasteiger partial charge in [0.15, 0.2) is 5.03 Å². The number of rotatable bonds is 7. The van der Waals surface area contributed by atoms with E-state index in [2.05, 4.69) is 10.3 Å². The van der Waals surface area contributed by atoms with Crippen LogP contribution in [0.5, 0.6) is 0 Å². The van der Waals surface area contributed by atoms with E-state index < -0.39 is 10.0 Å². The van der Waals surface area contributed by atoms with E-state index in [1.807, 2.05) is 30.3 Å². The third-order valence-electron chi connectivity index (χ3n) is 3.15. The molecule has 2 aromatic rings. The SMILES string of the molecule is Cl.Cn1nncc1S(=O)(=O)N(CCN)CCc1ccccc1. The minimum Gasteiger partial charge on any atom is -0.329 e. The number of aromatic nitrogens is 3. The second kappa shape index (κ2) is 8.23. The zero-order valence-electron chi connectivity index (χ0n) is 12.3. The van der Waals surface area contributed by atoms with E-state index in [1.54, 1.807) is 7.05 Å². The van der Waals surface area contributed by atoms with Gasteiger partial charge in [0.25, 0.3) is 10.0 Å². The molecule has 0 saturated heterocycles. The van der Waals surface area contributed by atoms with Crippen molar-refractivity contribution < 1.29 is 8.42 Å². The predicted molar refractivity (Wildman–Crippen MR) is 86.2 cm³/mol. The van der Waals surface area contributed by atoms with Crippen molar-refractivity contribution >= 4 is 22.4 Å². The minimum atomic E-state index is -3.63. The largest absolute Gasteiger partial charge is 0.329 e. The summed E-state index contributed by atoms with van der Waals surface area (Å²) in [6.07, 6.45) is 1.88. The van der Waals surface area contributed by atoms with Crippen LogP contribution in [0.4, 0.5) is 0 Å². The van der Waals surface area contributed by atoms with Crippen molar-refractivity contribution in [3.8, 4) is 0 Å². The average Bonchev–Trinajstić information content (AvgIpc) is 2.91. The molecule has 0 saturated carbocycles. The highest BCUT2D eigenvalue weighted by Crippen LogP contribution is 2.14. The Kier molecular flexibility index (Phi) is 6.95. The van der Waals surface area contributed by atoms with Crippen LogP contribution in [0.15, 0.2) is 41.6 Å². The van der Waals surface area contributed by atoms with Crippen molar-refractivity contribution in [1.29, 1.82) is 0 Å². The Morgan fingerprint density at radius 2 is 1.91 bits per heavy atom. The van der Waals surface area contributed by atoms with Crippen LogP contribution in [-0.4, -0.2) is 47.4 Å². The maximum Gasteiger partial charge on any atom is 0.261 e. The molecule has 0 aliphatic heterocycles. The van der Waals surface area contributed by atoms with Crippen LogP contribution in [0, 0.1) is 0 Å². The van der Waals surface area contributed by atoms with Crippen molar-refractivity contribution in [2.75, 3.05) is 19.6 Å². The molecule has 2 rings (SSSR count). The van der Waals surface area contributed by atoms with Crippen LogP contribution in [0.25, 0.3) is 0 Å². The first-order valence-corrected chi connectivity index (χ1v) is 8.08. The Bertz CT molecular complexity index is 675. The van der Waals surface area contributed by atoms with Crippen LogP contribution in [0.2, 0.25) is 0 Å². The summed E-state index contributed by atoms with van der Waals surface area (Å²) >= 11 is 0. The highest BCUT2D eigenvalue weighted by Gasteiger charge is 2.27. The van der Waals surface area contributed by atoms with E-state index in [4.69, 9.17) is 5.73 Å². The number of sulfonamides is 1. The molecule has 1 heterocycles. The Morgan fingerprint density at radius 1 is 1.23 bits per heavy atom. The van der Waals surface area contributed by atoms with Crippen molar-refractivity contribution in [2.24, 2.45) is 12.8 Å². The quantitative estimate of drug-likeness (QED) is 0.785. The molecule has 0 radical (unpaired) electrons. The number of aryl methyl sites for hydroxylation is 1. The van der Waals surface area contributed by atoms with Crippen LogP contribution >= 0.6 is 12.4 Å². The zero-order valence-corrected chi connectivity index (χ0v) is 13.9. The van der Waals surface area contributed by atoms with E-state index in [9.17, 15) is 8.42 Å². The number of hydrogen-bond acceptors (Lipinski definition) is 5. The molecule has 1 aromatic heterocycles. The maximum atomic E-state index is 12.6. The normalized spacial score (nSPS) is 11.4. The van der Waals surface area contributed by atoms with Crippen molar-refractivity contribution in [3.05, 3.63) is 42.1 Å². The molecule has 9 heteroatoms. The number of benzene rings is 1. The summed E-state index contributed by atoms with van der Waals surface area (Å²) in [4.78, 5) is 0.